The van der Waals surface area contributed by atoms with Gasteiger partial charge < -0.3 is 14.7 Å². The Hall–Kier alpha value is -2.23. The average Bonchev–Trinajstić information content (AvgIpc) is 2.86. The molecule has 2 N–H and O–H groups in total. The first kappa shape index (κ1) is 9.03. The topological polar surface area (TPSA) is 65.2 Å². The molecule has 0 spiro atoms. The Morgan fingerprint density at radius 2 is 2.19 bits per heavy atom. The fourth-order valence-corrected chi connectivity index (χ4v) is 1.79. The number of rotatable bonds is 1. The van der Waals surface area contributed by atoms with Crippen LogP contribution in [0.15, 0.2) is 39.6 Å². The molecule has 0 atom stereocenters. The third-order valence-electron chi connectivity index (χ3n) is 2.68. The second-order valence-corrected chi connectivity index (χ2v) is 3.73. The Morgan fingerprint density at radius 3 is 2.94 bits per heavy atom. The Labute approximate surface area is 91.6 Å². The highest BCUT2D eigenvalue weighted by Crippen LogP contribution is 2.30. The van der Waals surface area contributed by atoms with Gasteiger partial charge in [0.05, 0.1) is 18.0 Å². The van der Waals surface area contributed by atoms with E-state index in [0.717, 1.165) is 27.7 Å². The molecule has 2 heterocycles. The van der Waals surface area contributed by atoms with Crippen molar-refractivity contribution in [1.82, 2.24) is 5.16 Å². The maximum atomic E-state index is 5.66. The smallest absolute Gasteiger partial charge is 0.229 e. The number of hydrogen-bond donors (Lipinski definition) is 1. The summed E-state index contributed by atoms with van der Waals surface area (Å²) in [5, 5.41) is 4.76. The van der Waals surface area contributed by atoms with Crippen molar-refractivity contribution in [2.75, 3.05) is 5.73 Å². The van der Waals surface area contributed by atoms with Crippen LogP contribution in [0.1, 0.15) is 5.56 Å². The van der Waals surface area contributed by atoms with Gasteiger partial charge in [-0.25, -0.2) is 0 Å². The van der Waals surface area contributed by atoms with Crippen LogP contribution in [0.2, 0.25) is 0 Å². The summed E-state index contributed by atoms with van der Waals surface area (Å²) in [6.45, 7) is 2.01. The molecular formula is C12H10N2O2. The van der Waals surface area contributed by atoms with Crippen molar-refractivity contribution in [3.8, 4) is 11.1 Å². The molecule has 0 aliphatic rings. The number of furan rings is 1. The van der Waals surface area contributed by atoms with E-state index >= 15 is 0 Å². The Morgan fingerprint density at radius 1 is 1.31 bits per heavy atom. The summed E-state index contributed by atoms with van der Waals surface area (Å²) in [6, 6.07) is 5.93. The number of aryl methyl sites for hydroxylation is 1. The highest BCUT2D eigenvalue weighted by molar-refractivity contribution is 5.87. The lowest BCUT2D eigenvalue weighted by molar-refractivity contribution is 0.436. The molecule has 0 fully saturated rings. The number of hydrogen-bond acceptors (Lipinski definition) is 4. The van der Waals surface area contributed by atoms with Gasteiger partial charge in [0.1, 0.15) is 5.58 Å². The Balaban J connectivity index is 2.23. The average molecular weight is 214 g/mol. The van der Waals surface area contributed by atoms with Gasteiger partial charge >= 0.3 is 0 Å². The van der Waals surface area contributed by atoms with Crippen molar-refractivity contribution in [2.45, 2.75) is 6.92 Å². The number of benzene rings is 1. The molecular weight excluding hydrogens is 204 g/mol. The molecule has 0 amide bonds. The van der Waals surface area contributed by atoms with Gasteiger partial charge in [0.25, 0.3) is 0 Å². The Kier molecular flexibility index (Phi) is 1.77. The quantitative estimate of drug-likeness (QED) is 0.676. The van der Waals surface area contributed by atoms with Crippen LogP contribution in [-0.4, -0.2) is 5.16 Å². The molecule has 0 saturated heterocycles. The molecule has 0 aliphatic heterocycles. The van der Waals surface area contributed by atoms with Gasteiger partial charge in [0, 0.05) is 5.39 Å². The fourth-order valence-electron chi connectivity index (χ4n) is 1.79. The number of aromatic nitrogens is 1. The first-order valence-electron chi connectivity index (χ1n) is 4.94. The normalized spacial score (nSPS) is 11.1. The van der Waals surface area contributed by atoms with Crippen LogP contribution in [0.4, 0.5) is 5.88 Å². The first-order chi connectivity index (χ1) is 7.75. The molecule has 1 aromatic carbocycles. The van der Waals surface area contributed by atoms with Gasteiger partial charge in [0.15, 0.2) is 0 Å². The van der Waals surface area contributed by atoms with E-state index in [1.54, 1.807) is 12.5 Å². The number of anilines is 1. The van der Waals surface area contributed by atoms with Crippen molar-refractivity contribution in [1.29, 1.82) is 0 Å². The van der Waals surface area contributed by atoms with Crippen molar-refractivity contribution in [2.24, 2.45) is 0 Å². The monoisotopic (exact) mass is 214 g/mol. The standard InChI is InChI=1S/C12H10N2O2/c1-7-6-15-11-4-8(2-3-9(7)11)10-5-14-16-12(10)13/h2-6H,13H2,1H3. The van der Waals surface area contributed by atoms with Gasteiger partial charge in [0.2, 0.25) is 5.88 Å². The minimum atomic E-state index is 0.322. The number of fused-ring (bicyclic) bond motifs is 1. The molecule has 3 rings (SSSR count). The van der Waals surface area contributed by atoms with Crippen LogP contribution in [-0.2, 0) is 0 Å². The molecule has 0 radical (unpaired) electrons. The zero-order chi connectivity index (χ0) is 11.1. The van der Waals surface area contributed by atoms with Crippen LogP contribution in [0.25, 0.3) is 22.1 Å². The first-order valence-corrected chi connectivity index (χ1v) is 4.94. The summed E-state index contributed by atoms with van der Waals surface area (Å²) >= 11 is 0. The van der Waals surface area contributed by atoms with Gasteiger partial charge in [-0.15, -0.1) is 0 Å². The minimum absolute atomic E-state index is 0.322. The number of nitrogens with zero attached hydrogens (tertiary/aromatic N) is 1. The summed E-state index contributed by atoms with van der Waals surface area (Å²) < 4.78 is 10.3. The van der Waals surface area contributed by atoms with Gasteiger partial charge in [-0.05, 0) is 24.1 Å². The third kappa shape index (κ3) is 1.20. The molecule has 0 aliphatic carbocycles. The van der Waals surface area contributed by atoms with Crippen LogP contribution >= 0.6 is 0 Å². The molecule has 0 bridgehead atoms. The third-order valence-corrected chi connectivity index (χ3v) is 2.68. The molecule has 0 saturated carbocycles. The SMILES string of the molecule is Cc1coc2cc(-c3cnoc3N)ccc12. The lowest BCUT2D eigenvalue weighted by Crippen LogP contribution is -1.84. The van der Waals surface area contributed by atoms with Crippen LogP contribution in [0.3, 0.4) is 0 Å². The molecule has 2 aromatic heterocycles. The summed E-state index contributed by atoms with van der Waals surface area (Å²) in [6.07, 6.45) is 3.34. The van der Waals surface area contributed by atoms with Crippen molar-refractivity contribution < 1.29 is 8.94 Å². The second-order valence-electron chi connectivity index (χ2n) is 3.73. The van der Waals surface area contributed by atoms with Crippen LogP contribution in [0.5, 0.6) is 0 Å². The fraction of sp³-hybridized carbons (Fsp3) is 0.0833. The van der Waals surface area contributed by atoms with Crippen molar-refractivity contribution >= 4 is 16.9 Å². The number of nitrogens with two attached hydrogens (primary N) is 1. The van der Waals surface area contributed by atoms with E-state index in [-0.39, 0.29) is 0 Å². The van der Waals surface area contributed by atoms with E-state index in [4.69, 9.17) is 14.7 Å². The Bertz CT molecular complexity index is 652. The van der Waals surface area contributed by atoms with E-state index < -0.39 is 0 Å². The van der Waals surface area contributed by atoms with Crippen LogP contribution in [0, 0.1) is 6.92 Å². The largest absolute Gasteiger partial charge is 0.464 e. The van der Waals surface area contributed by atoms with Crippen LogP contribution < -0.4 is 5.73 Å². The number of nitrogen functional groups attached to an aromatic ring is 1. The van der Waals surface area contributed by atoms with Crippen molar-refractivity contribution in [3.63, 3.8) is 0 Å². The van der Waals surface area contributed by atoms with E-state index in [1.807, 2.05) is 25.1 Å². The maximum Gasteiger partial charge on any atom is 0.229 e. The summed E-state index contributed by atoms with van der Waals surface area (Å²) in [5.74, 6) is 0.322. The van der Waals surface area contributed by atoms with E-state index in [1.165, 1.54) is 0 Å². The van der Waals surface area contributed by atoms with Gasteiger partial charge in [-0.2, -0.15) is 0 Å². The summed E-state index contributed by atoms with van der Waals surface area (Å²) in [5.41, 5.74) is 9.36. The molecule has 0 unspecified atom stereocenters. The van der Waals surface area contributed by atoms with Gasteiger partial charge in [-0.3, -0.25) is 0 Å². The van der Waals surface area contributed by atoms with Gasteiger partial charge in [-0.1, -0.05) is 17.3 Å². The predicted molar refractivity (Wildman–Crippen MR) is 60.9 cm³/mol. The highest BCUT2D eigenvalue weighted by atomic mass is 16.5. The molecule has 16 heavy (non-hydrogen) atoms. The molecule has 3 aromatic rings. The van der Waals surface area contributed by atoms with E-state index in [9.17, 15) is 0 Å². The predicted octanol–water partition coefficient (Wildman–Crippen LogP) is 2.98. The summed E-state index contributed by atoms with van der Waals surface area (Å²) in [4.78, 5) is 0. The summed E-state index contributed by atoms with van der Waals surface area (Å²) in [7, 11) is 0. The second kappa shape index (κ2) is 3.13. The molecule has 80 valence electrons. The van der Waals surface area contributed by atoms with Crippen molar-refractivity contribution in [3.05, 3.63) is 36.2 Å². The zero-order valence-electron chi connectivity index (χ0n) is 8.73. The maximum absolute atomic E-state index is 5.66. The minimum Gasteiger partial charge on any atom is -0.464 e. The highest BCUT2D eigenvalue weighted by Gasteiger charge is 2.09. The van der Waals surface area contributed by atoms with E-state index in [2.05, 4.69) is 5.16 Å². The van der Waals surface area contributed by atoms with E-state index in [0.29, 0.717) is 5.88 Å². The molecule has 4 nitrogen and oxygen atoms in total. The molecule has 4 heteroatoms. The zero-order valence-corrected chi connectivity index (χ0v) is 8.73. The lowest BCUT2D eigenvalue weighted by Gasteiger charge is -1.97. The lowest BCUT2D eigenvalue weighted by atomic mass is 10.1.